The third kappa shape index (κ3) is 2.00. The fourth-order valence-corrected chi connectivity index (χ4v) is 2.05. The third-order valence-electron chi connectivity index (χ3n) is 2.92. The van der Waals surface area contributed by atoms with Gasteiger partial charge in [0.25, 0.3) is 0 Å². The van der Waals surface area contributed by atoms with Gasteiger partial charge in [0.05, 0.1) is 5.56 Å². The molecule has 0 radical (unpaired) electrons. The van der Waals surface area contributed by atoms with Crippen LogP contribution < -0.4 is 10.2 Å². The molecule has 4 nitrogen and oxygen atoms in total. The van der Waals surface area contributed by atoms with Gasteiger partial charge in [0, 0.05) is 31.9 Å². The van der Waals surface area contributed by atoms with Crippen LogP contribution in [0.3, 0.4) is 0 Å². The molecule has 1 aromatic heterocycles. The lowest BCUT2D eigenvalue weighted by molar-refractivity contribution is 0.482. The van der Waals surface area contributed by atoms with E-state index in [1.165, 1.54) is 0 Å². The molecule has 84 valence electrons. The largest absolute Gasteiger partial charge is 0.353 e. The standard InChI is InChI=1S/C12H16N4/c1-9-3-4-15-12(11(9)7-13)16-6-5-14-10(2)8-16/h3-4,10,14H,5-6,8H2,1-2H3/t10-/m1/s1. The Labute approximate surface area is 95.9 Å². The number of nitrogens with zero attached hydrogens (tertiary/aromatic N) is 3. The maximum Gasteiger partial charge on any atom is 0.146 e. The van der Waals surface area contributed by atoms with E-state index in [1.807, 2.05) is 13.0 Å². The van der Waals surface area contributed by atoms with Crippen molar-refractivity contribution in [2.75, 3.05) is 24.5 Å². The summed E-state index contributed by atoms with van der Waals surface area (Å²) in [6.07, 6.45) is 1.78. The number of nitriles is 1. The number of aromatic nitrogens is 1. The molecule has 0 saturated carbocycles. The minimum absolute atomic E-state index is 0.447. The normalized spacial score (nSPS) is 20.6. The number of rotatable bonds is 1. The number of anilines is 1. The minimum atomic E-state index is 0.447. The average molecular weight is 216 g/mol. The summed E-state index contributed by atoms with van der Waals surface area (Å²) in [6, 6.07) is 4.58. The zero-order valence-corrected chi connectivity index (χ0v) is 9.70. The molecule has 1 aliphatic rings. The van der Waals surface area contributed by atoms with Crippen molar-refractivity contribution in [2.45, 2.75) is 19.9 Å². The van der Waals surface area contributed by atoms with Gasteiger partial charge in [-0.3, -0.25) is 0 Å². The van der Waals surface area contributed by atoms with Crippen molar-refractivity contribution in [2.24, 2.45) is 0 Å². The zero-order chi connectivity index (χ0) is 11.5. The molecular formula is C12H16N4. The number of hydrogen-bond donors (Lipinski definition) is 1. The predicted molar refractivity (Wildman–Crippen MR) is 63.4 cm³/mol. The van der Waals surface area contributed by atoms with Gasteiger partial charge in [-0.2, -0.15) is 5.26 Å². The molecule has 0 spiro atoms. The van der Waals surface area contributed by atoms with Crippen molar-refractivity contribution < 1.29 is 0 Å². The van der Waals surface area contributed by atoms with Crippen LogP contribution in [-0.4, -0.2) is 30.7 Å². The summed E-state index contributed by atoms with van der Waals surface area (Å²) >= 11 is 0. The van der Waals surface area contributed by atoms with Gasteiger partial charge in [-0.15, -0.1) is 0 Å². The Morgan fingerprint density at radius 1 is 1.62 bits per heavy atom. The van der Waals surface area contributed by atoms with Crippen molar-refractivity contribution in [1.29, 1.82) is 5.26 Å². The average Bonchev–Trinajstić information content (AvgIpc) is 2.28. The molecule has 1 saturated heterocycles. The van der Waals surface area contributed by atoms with Gasteiger partial charge in [-0.1, -0.05) is 0 Å². The van der Waals surface area contributed by atoms with Crippen LogP contribution >= 0.6 is 0 Å². The number of nitrogens with one attached hydrogen (secondary N) is 1. The Bertz CT molecular complexity index is 422. The second kappa shape index (κ2) is 4.50. The summed E-state index contributed by atoms with van der Waals surface area (Å²) in [5.41, 5.74) is 1.70. The molecule has 2 rings (SSSR count). The van der Waals surface area contributed by atoms with Crippen molar-refractivity contribution in [3.05, 3.63) is 23.4 Å². The van der Waals surface area contributed by atoms with Gasteiger partial charge in [-0.25, -0.2) is 4.98 Å². The highest BCUT2D eigenvalue weighted by atomic mass is 15.2. The zero-order valence-electron chi connectivity index (χ0n) is 9.70. The first-order valence-electron chi connectivity index (χ1n) is 5.56. The van der Waals surface area contributed by atoms with Gasteiger partial charge >= 0.3 is 0 Å². The Morgan fingerprint density at radius 3 is 3.12 bits per heavy atom. The Kier molecular flexibility index (Phi) is 3.07. The highest BCUT2D eigenvalue weighted by Crippen LogP contribution is 2.20. The van der Waals surface area contributed by atoms with E-state index in [0.717, 1.165) is 31.0 Å². The Morgan fingerprint density at radius 2 is 2.44 bits per heavy atom. The molecule has 4 heteroatoms. The highest BCUT2D eigenvalue weighted by Gasteiger charge is 2.20. The minimum Gasteiger partial charge on any atom is -0.353 e. The number of aryl methyl sites for hydroxylation is 1. The summed E-state index contributed by atoms with van der Waals surface area (Å²) in [5.74, 6) is 0.829. The van der Waals surface area contributed by atoms with E-state index in [4.69, 9.17) is 5.26 Å². The monoisotopic (exact) mass is 216 g/mol. The number of hydrogen-bond acceptors (Lipinski definition) is 4. The van der Waals surface area contributed by atoms with Gasteiger partial charge < -0.3 is 10.2 Å². The van der Waals surface area contributed by atoms with Gasteiger partial charge in [0.1, 0.15) is 11.9 Å². The van der Waals surface area contributed by atoms with Crippen LogP contribution in [0, 0.1) is 18.3 Å². The topological polar surface area (TPSA) is 52.0 Å². The van der Waals surface area contributed by atoms with E-state index in [0.29, 0.717) is 11.6 Å². The van der Waals surface area contributed by atoms with Gasteiger partial charge in [0.15, 0.2) is 0 Å². The van der Waals surface area contributed by atoms with E-state index >= 15 is 0 Å². The first-order valence-corrected chi connectivity index (χ1v) is 5.56. The van der Waals surface area contributed by atoms with Crippen LogP contribution in [-0.2, 0) is 0 Å². The summed E-state index contributed by atoms with van der Waals surface area (Å²) in [6.45, 7) is 6.87. The second-order valence-corrected chi connectivity index (χ2v) is 4.24. The molecule has 1 aromatic rings. The first-order chi connectivity index (χ1) is 7.72. The fourth-order valence-electron chi connectivity index (χ4n) is 2.05. The molecule has 0 unspecified atom stereocenters. The summed E-state index contributed by atoms with van der Waals surface area (Å²) < 4.78 is 0. The summed E-state index contributed by atoms with van der Waals surface area (Å²) in [4.78, 5) is 6.53. The van der Waals surface area contributed by atoms with Gasteiger partial charge in [0.2, 0.25) is 0 Å². The highest BCUT2D eigenvalue weighted by molar-refractivity contribution is 5.57. The second-order valence-electron chi connectivity index (χ2n) is 4.24. The lowest BCUT2D eigenvalue weighted by Gasteiger charge is -2.33. The van der Waals surface area contributed by atoms with Gasteiger partial charge in [-0.05, 0) is 25.5 Å². The lowest BCUT2D eigenvalue weighted by atomic mass is 10.1. The van der Waals surface area contributed by atoms with E-state index in [-0.39, 0.29) is 0 Å². The molecule has 16 heavy (non-hydrogen) atoms. The van der Waals surface area contributed by atoms with Crippen LogP contribution in [0.25, 0.3) is 0 Å². The maximum atomic E-state index is 9.16. The maximum absolute atomic E-state index is 9.16. The van der Waals surface area contributed by atoms with Crippen molar-refractivity contribution in [3.8, 4) is 6.07 Å². The van der Waals surface area contributed by atoms with E-state index in [9.17, 15) is 0 Å². The smallest absolute Gasteiger partial charge is 0.146 e. The van der Waals surface area contributed by atoms with E-state index in [1.54, 1.807) is 6.20 Å². The molecular weight excluding hydrogens is 200 g/mol. The first kappa shape index (κ1) is 10.9. The molecule has 1 atom stereocenters. The molecule has 0 aliphatic carbocycles. The fraction of sp³-hybridized carbons (Fsp3) is 0.500. The van der Waals surface area contributed by atoms with Crippen LogP contribution in [0.2, 0.25) is 0 Å². The molecule has 2 heterocycles. The van der Waals surface area contributed by atoms with Crippen molar-refractivity contribution in [1.82, 2.24) is 10.3 Å². The van der Waals surface area contributed by atoms with E-state index < -0.39 is 0 Å². The summed E-state index contributed by atoms with van der Waals surface area (Å²) in [7, 11) is 0. The van der Waals surface area contributed by atoms with E-state index in [2.05, 4.69) is 28.2 Å². The molecule has 1 aliphatic heterocycles. The Hall–Kier alpha value is -1.60. The van der Waals surface area contributed by atoms with Crippen LogP contribution in [0.5, 0.6) is 0 Å². The molecule has 0 amide bonds. The SMILES string of the molecule is Cc1ccnc(N2CCN[C@H](C)C2)c1C#N. The Balaban J connectivity index is 2.33. The van der Waals surface area contributed by atoms with Crippen molar-refractivity contribution in [3.63, 3.8) is 0 Å². The van der Waals surface area contributed by atoms with Crippen LogP contribution in [0.15, 0.2) is 12.3 Å². The predicted octanol–water partition coefficient (Wildman–Crippen LogP) is 1.06. The van der Waals surface area contributed by atoms with Crippen LogP contribution in [0.4, 0.5) is 5.82 Å². The lowest BCUT2D eigenvalue weighted by Crippen LogP contribution is -2.49. The molecule has 0 aromatic carbocycles. The molecule has 1 N–H and O–H groups in total. The van der Waals surface area contributed by atoms with Crippen LogP contribution in [0.1, 0.15) is 18.1 Å². The molecule has 1 fully saturated rings. The summed E-state index contributed by atoms with van der Waals surface area (Å²) in [5, 5.41) is 12.5. The third-order valence-corrected chi connectivity index (χ3v) is 2.92. The number of piperazine rings is 1. The molecule has 0 bridgehead atoms. The van der Waals surface area contributed by atoms with Crippen molar-refractivity contribution >= 4 is 5.82 Å². The number of pyridine rings is 1. The quantitative estimate of drug-likeness (QED) is 0.762.